The fraction of sp³-hybridized carbons (Fsp3) is 0.500. The van der Waals surface area contributed by atoms with Gasteiger partial charge < -0.3 is 10.2 Å². The van der Waals surface area contributed by atoms with Gasteiger partial charge in [-0.2, -0.15) is 4.39 Å². The smallest absolute Gasteiger partial charge is 0.258 e. The van der Waals surface area contributed by atoms with Crippen molar-refractivity contribution in [3.05, 3.63) is 29.8 Å². The summed E-state index contributed by atoms with van der Waals surface area (Å²) in [5.41, 5.74) is -0.503. The molecular weight excluding hydrogens is 261 g/mol. The summed E-state index contributed by atoms with van der Waals surface area (Å²) < 4.78 is 13.5. The van der Waals surface area contributed by atoms with Crippen molar-refractivity contribution < 1.29 is 14.0 Å². The van der Waals surface area contributed by atoms with Crippen LogP contribution in [0.5, 0.6) is 0 Å². The number of hydrogen-bond acceptors (Lipinski definition) is 3. The molecule has 5 nitrogen and oxygen atoms in total. The van der Waals surface area contributed by atoms with Crippen molar-refractivity contribution in [3.8, 4) is 0 Å². The summed E-state index contributed by atoms with van der Waals surface area (Å²) >= 11 is 0. The summed E-state index contributed by atoms with van der Waals surface area (Å²) in [6, 6.07) is 2.84. The lowest BCUT2D eigenvalue weighted by Crippen LogP contribution is -2.47. The molecule has 0 aliphatic heterocycles. The van der Waals surface area contributed by atoms with Crippen molar-refractivity contribution in [2.45, 2.75) is 33.2 Å². The Labute approximate surface area is 118 Å². The molecule has 0 saturated carbocycles. The zero-order valence-corrected chi connectivity index (χ0v) is 12.2. The Hall–Kier alpha value is -1.98. The molecule has 1 rings (SSSR count). The normalized spacial score (nSPS) is 11.1. The Morgan fingerprint density at radius 1 is 1.40 bits per heavy atom. The first-order valence-electron chi connectivity index (χ1n) is 6.45. The standard InChI is InChI=1S/C14H20FN3O2/c1-5-18(9-11(19)17-14(2,3)4)13(20)10-7-6-8-16-12(10)15/h6-8H,5,9H2,1-4H3,(H,17,19). The Morgan fingerprint density at radius 2 is 2.05 bits per heavy atom. The number of carbonyl (C=O) groups is 2. The quantitative estimate of drug-likeness (QED) is 0.853. The Bertz CT molecular complexity index is 497. The first-order chi connectivity index (χ1) is 9.24. The van der Waals surface area contributed by atoms with Crippen LogP contribution in [0.25, 0.3) is 0 Å². The fourth-order valence-electron chi connectivity index (χ4n) is 1.67. The molecule has 1 N–H and O–H groups in total. The first-order valence-corrected chi connectivity index (χ1v) is 6.45. The van der Waals surface area contributed by atoms with E-state index < -0.39 is 11.9 Å². The maximum Gasteiger partial charge on any atom is 0.258 e. The molecule has 2 amide bonds. The van der Waals surface area contributed by atoms with Crippen LogP contribution in [0.4, 0.5) is 4.39 Å². The van der Waals surface area contributed by atoms with Gasteiger partial charge in [-0.1, -0.05) is 0 Å². The molecule has 0 aromatic carbocycles. The second-order valence-corrected chi connectivity index (χ2v) is 5.46. The van der Waals surface area contributed by atoms with E-state index in [9.17, 15) is 14.0 Å². The summed E-state index contributed by atoms with van der Waals surface area (Å²) in [5, 5.41) is 2.76. The zero-order chi connectivity index (χ0) is 15.3. The molecule has 0 aliphatic carbocycles. The van der Waals surface area contributed by atoms with Crippen LogP contribution in [-0.2, 0) is 4.79 Å². The lowest BCUT2D eigenvalue weighted by molar-refractivity contribution is -0.123. The summed E-state index contributed by atoms with van der Waals surface area (Å²) in [6.07, 6.45) is 1.27. The van der Waals surface area contributed by atoms with Crippen LogP contribution < -0.4 is 5.32 Å². The molecule has 0 fully saturated rings. The first kappa shape index (κ1) is 16.1. The molecule has 1 aromatic rings. The highest BCUT2D eigenvalue weighted by atomic mass is 19.1. The van der Waals surface area contributed by atoms with Crippen LogP contribution in [0.3, 0.4) is 0 Å². The summed E-state index contributed by atoms with van der Waals surface area (Å²) in [5.74, 6) is -1.65. The van der Waals surface area contributed by atoms with E-state index >= 15 is 0 Å². The molecule has 0 atom stereocenters. The van der Waals surface area contributed by atoms with Gasteiger partial charge in [-0.3, -0.25) is 9.59 Å². The van der Waals surface area contributed by atoms with E-state index in [-0.39, 0.29) is 23.6 Å². The molecule has 0 saturated heterocycles. The van der Waals surface area contributed by atoms with Crippen molar-refractivity contribution in [2.75, 3.05) is 13.1 Å². The van der Waals surface area contributed by atoms with Crippen LogP contribution in [0, 0.1) is 5.95 Å². The van der Waals surface area contributed by atoms with Crippen molar-refractivity contribution >= 4 is 11.8 Å². The van der Waals surface area contributed by atoms with E-state index in [1.807, 2.05) is 20.8 Å². The number of carbonyl (C=O) groups excluding carboxylic acids is 2. The van der Waals surface area contributed by atoms with Gasteiger partial charge in [0.2, 0.25) is 11.9 Å². The van der Waals surface area contributed by atoms with Crippen LogP contribution in [0.15, 0.2) is 18.3 Å². The predicted molar refractivity (Wildman–Crippen MR) is 73.7 cm³/mol. The number of halogens is 1. The molecule has 0 bridgehead atoms. The van der Waals surface area contributed by atoms with Gasteiger partial charge in [-0.15, -0.1) is 0 Å². The van der Waals surface area contributed by atoms with Gasteiger partial charge in [-0.05, 0) is 39.8 Å². The molecule has 6 heteroatoms. The van der Waals surface area contributed by atoms with E-state index in [0.29, 0.717) is 6.54 Å². The highest BCUT2D eigenvalue weighted by Gasteiger charge is 2.22. The minimum atomic E-state index is -0.827. The summed E-state index contributed by atoms with van der Waals surface area (Å²) in [7, 11) is 0. The molecule has 0 unspecified atom stereocenters. The molecule has 20 heavy (non-hydrogen) atoms. The van der Waals surface area contributed by atoms with Crippen molar-refractivity contribution in [2.24, 2.45) is 0 Å². The Balaban J connectivity index is 2.79. The Kier molecular flexibility index (Phi) is 5.19. The average Bonchev–Trinajstić information content (AvgIpc) is 2.33. The molecule has 0 radical (unpaired) electrons. The van der Waals surface area contributed by atoms with Gasteiger partial charge >= 0.3 is 0 Å². The van der Waals surface area contributed by atoms with E-state index in [4.69, 9.17) is 0 Å². The fourth-order valence-corrected chi connectivity index (χ4v) is 1.67. The summed E-state index contributed by atoms with van der Waals surface area (Å²) in [6.45, 7) is 7.49. The number of likely N-dealkylation sites (N-methyl/N-ethyl adjacent to an activating group) is 1. The monoisotopic (exact) mass is 281 g/mol. The van der Waals surface area contributed by atoms with Gasteiger partial charge in [0, 0.05) is 18.3 Å². The lowest BCUT2D eigenvalue weighted by Gasteiger charge is -2.25. The number of hydrogen-bond donors (Lipinski definition) is 1. The summed E-state index contributed by atoms with van der Waals surface area (Å²) in [4.78, 5) is 28.7. The minimum absolute atomic E-state index is 0.110. The van der Waals surface area contributed by atoms with Crippen LogP contribution >= 0.6 is 0 Å². The van der Waals surface area contributed by atoms with Gasteiger partial charge in [0.25, 0.3) is 5.91 Å². The number of amides is 2. The minimum Gasteiger partial charge on any atom is -0.350 e. The lowest BCUT2D eigenvalue weighted by atomic mass is 10.1. The maximum absolute atomic E-state index is 13.5. The number of nitrogens with one attached hydrogen (secondary N) is 1. The topological polar surface area (TPSA) is 62.3 Å². The van der Waals surface area contributed by atoms with Gasteiger partial charge in [0.15, 0.2) is 0 Å². The number of aromatic nitrogens is 1. The highest BCUT2D eigenvalue weighted by Crippen LogP contribution is 2.08. The van der Waals surface area contributed by atoms with Crippen LogP contribution in [0.1, 0.15) is 38.1 Å². The molecule has 1 heterocycles. The third-order valence-electron chi connectivity index (χ3n) is 2.51. The van der Waals surface area contributed by atoms with Gasteiger partial charge in [-0.25, -0.2) is 4.98 Å². The van der Waals surface area contributed by atoms with Crippen molar-refractivity contribution in [1.82, 2.24) is 15.2 Å². The molecular formula is C14H20FN3O2. The SMILES string of the molecule is CCN(CC(=O)NC(C)(C)C)C(=O)c1cccnc1F. The molecule has 110 valence electrons. The molecule has 0 spiro atoms. The number of nitrogens with zero attached hydrogens (tertiary/aromatic N) is 2. The molecule has 0 aliphatic rings. The maximum atomic E-state index is 13.5. The largest absolute Gasteiger partial charge is 0.350 e. The van der Waals surface area contributed by atoms with Crippen molar-refractivity contribution in [3.63, 3.8) is 0 Å². The van der Waals surface area contributed by atoms with E-state index in [1.165, 1.54) is 23.2 Å². The number of pyridine rings is 1. The Morgan fingerprint density at radius 3 is 2.55 bits per heavy atom. The van der Waals surface area contributed by atoms with Crippen LogP contribution in [0.2, 0.25) is 0 Å². The third-order valence-corrected chi connectivity index (χ3v) is 2.51. The van der Waals surface area contributed by atoms with Crippen molar-refractivity contribution in [1.29, 1.82) is 0 Å². The van der Waals surface area contributed by atoms with E-state index in [0.717, 1.165) is 0 Å². The van der Waals surface area contributed by atoms with Crippen LogP contribution in [-0.4, -0.2) is 40.3 Å². The van der Waals surface area contributed by atoms with E-state index in [2.05, 4.69) is 10.3 Å². The second kappa shape index (κ2) is 6.45. The second-order valence-electron chi connectivity index (χ2n) is 5.46. The average molecular weight is 281 g/mol. The van der Waals surface area contributed by atoms with Gasteiger partial charge in [0.05, 0.1) is 12.1 Å². The number of rotatable bonds is 4. The zero-order valence-electron chi connectivity index (χ0n) is 12.2. The molecule has 1 aromatic heterocycles. The van der Waals surface area contributed by atoms with Gasteiger partial charge in [0.1, 0.15) is 0 Å². The van der Waals surface area contributed by atoms with E-state index in [1.54, 1.807) is 6.92 Å². The third kappa shape index (κ3) is 4.60. The highest BCUT2D eigenvalue weighted by molar-refractivity contribution is 5.96. The predicted octanol–water partition coefficient (Wildman–Crippen LogP) is 1.60.